The molecule has 9 heteroatoms. The third kappa shape index (κ3) is 4.54. The molecule has 1 aliphatic rings. The molecule has 0 aliphatic carbocycles. The van der Waals surface area contributed by atoms with Crippen molar-refractivity contribution >= 4 is 27.2 Å². The summed E-state index contributed by atoms with van der Waals surface area (Å²) in [4.78, 5) is 26.3. The molecule has 8 nitrogen and oxygen atoms in total. The topological polar surface area (TPSA) is 101 Å². The van der Waals surface area contributed by atoms with Crippen molar-refractivity contribution in [3.63, 3.8) is 0 Å². The van der Waals surface area contributed by atoms with Gasteiger partial charge in [0.25, 0.3) is 5.56 Å². The number of nitrogens with one attached hydrogen (secondary N) is 1. The summed E-state index contributed by atoms with van der Waals surface area (Å²) in [6.45, 7) is 1.29. The summed E-state index contributed by atoms with van der Waals surface area (Å²) in [5.41, 5.74) is 0.382. The van der Waals surface area contributed by atoms with Gasteiger partial charge in [0.05, 0.1) is 10.8 Å². The maximum atomic E-state index is 12.6. The van der Waals surface area contributed by atoms with Gasteiger partial charge in [0, 0.05) is 38.1 Å². The number of rotatable bonds is 4. The zero-order valence-electron chi connectivity index (χ0n) is 15.3. The zero-order valence-corrected chi connectivity index (χ0v) is 16.1. The van der Waals surface area contributed by atoms with Gasteiger partial charge in [-0.1, -0.05) is 0 Å². The van der Waals surface area contributed by atoms with Gasteiger partial charge in [0.15, 0.2) is 9.84 Å². The first-order valence-corrected chi connectivity index (χ1v) is 10.5. The number of carbonyl (C=O) groups is 1. The molecule has 2 aromatic rings. The van der Waals surface area contributed by atoms with Gasteiger partial charge in [0.1, 0.15) is 5.82 Å². The molecule has 2 heterocycles. The summed E-state index contributed by atoms with van der Waals surface area (Å²) in [6.07, 6.45) is 2.75. The number of benzene rings is 1. The number of amides is 1. The minimum Gasteiger partial charge on any atom is -0.354 e. The molecule has 1 aliphatic heterocycles. The highest BCUT2D eigenvalue weighted by molar-refractivity contribution is 7.90. The van der Waals surface area contributed by atoms with Crippen molar-refractivity contribution in [2.75, 3.05) is 29.6 Å². The van der Waals surface area contributed by atoms with Crippen molar-refractivity contribution < 1.29 is 13.2 Å². The van der Waals surface area contributed by atoms with Gasteiger partial charge in [-0.25, -0.2) is 13.1 Å². The van der Waals surface area contributed by atoms with E-state index < -0.39 is 9.84 Å². The largest absolute Gasteiger partial charge is 0.354 e. The average molecular weight is 390 g/mol. The molecule has 1 atom stereocenters. The Kier molecular flexibility index (Phi) is 5.31. The number of aryl methyl sites for hydroxylation is 1. The molecule has 1 fully saturated rings. The molecule has 0 unspecified atom stereocenters. The molecule has 1 saturated heterocycles. The van der Waals surface area contributed by atoms with Crippen molar-refractivity contribution in [2.24, 2.45) is 13.0 Å². The minimum atomic E-state index is -3.26. The standard InChI is InChI=1S/C18H22N4O4S/c1-21-17(23)10-9-16(20-21)22-11-3-4-13(12-22)18(24)19-14-5-7-15(8-6-14)27(2,25)26/h5-10,13H,3-4,11-12H2,1-2H3,(H,19,24)/t13-/m0/s1. The van der Waals surface area contributed by atoms with Crippen LogP contribution in [0.15, 0.2) is 46.1 Å². The van der Waals surface area contributed by atoms with E-state index >= 15 is 0 Å². The monoisotopic (exact) mass is 390 g/mol. The second-order valence-electron chi connectivity index (χ2n) is 6.72. The van der Waals surface area contributed by atoms with Gasteiger partial charge < -0.3 is 10.2 Å². The number of anilines is 2. The Labute approximate surface area is 157 Å². The lowest BCUT2D eigenvalue weighted by atomic mass is 9.97. The molecule has 1 amide bonds. The highest BCUT2D eigenvalue weighted by Crippen LogP contribution is 2.22. The molecular weight excluding hydrogens is 368 g/mol. The first-order valence-electron chi connectivity index (χ1n) is 8.64. The fraction of sp³-hybridized carbons (Fsp3) is 0.389. The van der Waals surface area contributed by atoms with E-state index in [0.29, 0.717) is 18.1 Å². The molecular formula is C18H22N4O4S. The fourth-order valence-electron chi connectivity index (χ4n) is 3.09. The molecule has 27 heavy (non-hydrogen) atoms. The van der Waals surface area contributed by atoms with Crippen LogP contribution in [0.3, 0.4) is 0 Å². The van der Waals surface area contributed by atoms with Gasteiger partial charge in [-0.3, -0.25) is 9.59 Å². The van der Waals surface area contributed by atoms with E-state index in [1.165, 1.54) is 22.9 Å². The third-order valence-corrected chi connectivity index (χ3v) is 5.74. The van der Waals surface area contributed by atoms with Crippen LogP contribution in [0.25, 0.3) is 0 Å². The third-order valence-electron chi connectivity index (χ3n) is 4.61. The van der Waals surface area contributed by atoms with E-state index in [1.807, 2.05) is 4.90 Å². The van der Waals surface area contributed by atoms with Crippen LogP contribution >= 0.6 is 0 Å². The summed E-state index contributed by atoms with van der Waals surface area (Å²) in [7, 11) is -1.67. The van der Waals surface area contributed by atoms with E-state index in [1.54, 1.807) is 25.2 Å². The van der Waals surface area contributed by atoms with Crippen LogP contribution in [0.4, 0.5) is 11.5 Å². The highest BCUT2D eigenvalue weighted by Gasteiger charge is 2.27. The maximum Gasteiger partial charge on any atom is 0.266 e. The lowest BCUT2D eigenvalue weighted by Crippen LogP contribution is -2.41. The van der Waals surface area contributed by atoms with E-state index in [9.17, 15) is 18.0 Å². The highest BCUT2D eigenvalue weighted by atomic mass is 32.2. The number of nitrogens with zero attached hydrogens (tertiary/aromatic N) is 3. The lowest BCUT2D eigenvalue weighted by molar-refractivity contribution is -0.120. The summed E-state index contributed by atoms with van der Waals surface area (Å²) in [5.74, 6) is 0.344. The van der Waals surface area contributed by atoms with Gasteiger partial charge >= 0.3 is 0 Å². The second-order valence-corrected chi connectivity index (χ2v) is 8.74. The van der Waals surface area contributed by atoms with Crippen LogP contribution in [-0.2, 0) is 21.7 Å². The van der Waals surface area contributed by atoms with Gasteiger partial charge in [-0.15, -0.1) is 0 Å². The number of hydrogen-bond donors (Lipinski definition) is 1. The van der Waals surface area contributed by atoms with Crippen molar-refractivity contribution in [1.29, 1.82) is 0 Å². The molecule has 0 bridgehead atoms. The molecule has 1 N–H and O–H groups in total. The predicted molar refractivity (Wildman–Crippen MR) is 103 cm³/mol. The Balaban J connectivity index is 1.67. The summed E-state index contributed by atoms with van der Waals surface area (Å²) in [6, 6.07) is 9.27. The first-order chi connectivity index (χ1) is 12.7. The Bertz CT molecular complexity index is 999. The second kappa shape index (κ2) is 7.51. The van der Waals surface area contributed by atoms with Gasteiger partial charge in [-0.2, -0.15) is 5.10 Å². The number of carbonyl (C=O) groups excluding carboxylic acids is 1. The average Bonchev–Trinajstić information content (AvgIpc) is 2.64. The van der Waals surface area contributed by atoms with Gasteiger partial charge in [0.2, 0.25) is 5.91 Å². The number of piperidine rings is 1. The summed E-state index contributed by atoms with van der Waals surface area (Å²) < 4.78 is 24.3. The zero-order chi connectivity index (χ0) is 19.6. The maximum absolute atomic E-state index is 12.6. The number of aromatic nitrogens is 2. The molecule has 0 spiro atoms. The van der Waals surface area contributed by atoms with Crippen LogP contribution in [0, 0.1) is 5.92 Å². The van der Waals surface area contributed by atoms with Crippen molar-refractivity contribution in [2.45, 2.75) is 17.7 Å². The Morgan fingerprint density at radius 3 is 2.52 bits per heavy atom. The fourth-order valence-corrected chi connectivity index (χ4v) is 3.72. The molecule has 0 radical (unpaired) electrons. The molecule has 0 saturated carbocycles. The van der Waals surface area contributed by atoms with Crippen molar-refractivity contribution in [3.05, 3.63) is 46.8 Å². The van der Waals surface area contributed by atoms with Crippen molar-refractivity contribution in [1.82, 2.24) is 9.78 Å². The minimum absolute atomic E-state index is 0.114. The normalized spacial score (nSPS) is 17.6. The van der Waals surface area contributed by atoms with Gasteiger partial charge in [-0.05, 0) is 43.2 Å². The van der Waals surface area contributed by atoms with Crippen LogP contribution in [0.2, 0.25) is 0 Å². The smallest absolute Gasteiger partial charge is 0.266 e. The molecule has 1 aromatic heterocycles. The number of sulfone groups is 1. The van der Waals surface area contributed by atoms with Crippen molar-refractivity contribution in [3.8, 4) is 0 Å². The van der Waals surface area contributed by atoms with Crippen LogP contribution in [0.5, 0.6) is 0 Å². The SMILES string of the molecule is Cn1nc(N2CCC[C@H](C(=O)Nc3ccc(S(C)(=O)=O)cc3)C2)ccc1=O. The van der Waals surface area contributed by atoms with E-state index in [0.717, 1.165) is 25.6 Å². The molecule has 3 rings (SSSR count). The molecule has 1 aromatic carbocycles. The quantitative estimate of drug-likeness (QED) is 0.837. The number of hydrogen-bond acceptors (Lipinski definition) is 6. The lowest BCUT2D eigenvalue weighted by Gasteiger charge is -2.32. The van der Waals surface area contributed by atoms with E-state index in [-0.39, 0.29) is 22.3 Å². The van der Waals surface area contributed by atoms with Crippen LogP contribution in [-0.4, -0.2) is 43.5 Å². The van der Waals surface area contributed by atoms with Crippen LogP contribution in [0.1, 0.15) is 12.8 Å². The molecule has 144 valence electrons. The van der Waals surface area contributed by atoms with Crippen LogP contribution < -0.4 is 15.8 Å². The summed E-state index contributed by atoms with van der Waals surface area (Å²) >= 11 is 0. The Morgan fingerprint density at radius 1 is 1.19 bits per heavy atom. The first kappa shape index (κ1) is 19.1. The van der Waals surface area contributed by atoms with E-state index in [4.69, 9.17) is 0 Å². The van der Waals surface area contributed by atoms with E-state index in [2.05, 4.69) is 10.4 Å². The summed E-state index contributed by atoms with van der Waals surface area (Å²) in [5, 5.41) is 7.10. The Morgan fingerprint density at radius 2 is 1.89 bits per heavy atom. The predicted octanol–water partition coefficient (Wildman–Crippen LogP) is 1.04. The Hall–Kier alpha value is -2.68.